The van der Waals surface area contributed by atoms with E-state index in [4.69, 9.17) is 9.47 Å². The van der Waals surface area contributed by atoms with Gasteiger partial charge in [0.15, 0.2) is 0 Å². The summed E-state index contributed by atoms with van der Waals surface area (Å²) in [5.41, 5.74) is 4.10. The molecular weight excluding hydrogens is 636 g/mol. The van der Waals surface area contributed by atoms with Crippen LogP contribution < -0.4 is 0 Å². The third kappa shape index (κ3) is 10.1. The van der Waals surface area contributed by atoms with Gasteiger partial charge in [0.05, 0.1) is 0 Å². The minimum Gasteiger partial charge on any atom is -0.480 e. The summed E-state index contributed by atoms with van der Waals surface area (Å²) in [5.74, 6) is -1.20. The number of carboxylic acids is 1. The molecule has 1 amide bonds. The number of carbonyl (C=O) groups excluding carboxylic acids is 2. The van der Waals surface area contributed by atoms with Crippen LogP contribution in [-0.4, -0.2) is 59.4 Å². The van der Waals surface area contributed by atoms with E-state index in [1.54, 1.807) is 38.1 Å². The number of ether oxygens (including phenoxy) is 2. The van der Waals surface area contributed by atoms with Gasteiger partial charge in [-0.05, 0) is 45.4 Å². The van der Waals surface area contributed by atoms with Crippen LogP contribution >= 0.6 is 0 Å². The van der Waals surface area contributed by atoms with Gasteiger partial charge in [0.1, 0.15) is 19.3 Å². The molecule has 0 radical (unpaired) electrons. The van der Waals surface area contributed by atoms with E-state index in [1.165, 1.54) is 4.90 Å². The third-order valence-corrected chi connectivity index (χ3v) is 7.61. The SMILES string of the molecule is CCCCC(=O)N(Cc1ccc(-c2ccccc2-c2nnn(COC(=O)OCc3ccccc3CO[N+](=O)[O-])n2)cc1)[C@@H](C(=O)O)C(C)C. The van der Waals surface area contributed by atoms with Crippen LogP contribution in [0, 0.1) is 16.0 Å². The highest BCUT2D eigenvalue weighted by Crippen LogP contribution is 2.30. The van der Waals surface area contributed by atoms with Crippen LogP contribution in [0.4, 0.5) is 4.79 Å². The summed E-state index contributed by atoms with van der Waals surface area (Å²) in [5, 5.41) is 32.0. The number of amides is 1. The first-order valence-electron chi connectivity index (χ1n) is 15.7. The summed E-state index contributed by atoms with van der Waals surface area (Å²) < 4.78 is 10.3. The molecule has 1 atom stereocenters. The van der Waals surface area contributed by atoms with E-state index in [9.17, 15) is 29.6 Å². The van der Waals surface area contributed by atoms with Crippen molar-refractivity contribution in [3.63, 3.8) is 0 Å². The van der Waals surface area contributed by atoms with Gasteiger partial charge in [0.25, 0.3) is 5.09 Å². The second kappa shape index (κ2) is 17.3. The van der Waals surface area contributed by atoms with Crippen molar-refractivity contribution in [1.29, 1.82) is 0 Å². The van der Waals surface area contributed by atoms with Gasteiger partial charge in [-0.3, -0.25) is 4.79 Å². The molecule has 15 nitrogen and oxygen atoms in total. The zero-order valence-corrected chi connectivity index (χ0v) is 27.4. The second-order valence-electron chi connectivity index (χ2n) is 11.5. The van der Waals surface area contributed by atoms with Gasteiger partial charge in [0.2, 0.25) is 18.5 Å². The van der Waals surface area contributed by atoms with E-state index in [2.05, 4.69) is 20.2 Å². The number of aromatic nitrogens is 4. The molecule has 0 unspecified atom stereocenters. The van der Waals surface area contributed by atoms with Crippen LogP contribution in [-0.2, 0) is 50.4 Å². The molecule has 0 aliphatic carbocycles. The van der Waals surface area contributed by atoms with E-state index < -0.39 is 23.3 Å². The Kier molecular flexibility index (Phi) is 12.7. The maximum Gasteiger partial charge on any atom is 0.510 e. The van der Waals surface area contributed by atoms with Gasteiger partial charge in [-0.25, -0.2) is 9.59 Å². The Morgan fingerprint density at radius 2 is 1.59 bits per heavy atom. The van der Waals surface area contributed by atoms with Crippen molar-refractivity contribution in [2.75, 3.05) is 0 Å². The van der Waals surface area contributed by atoms with Gasteiger partial charge in [-0.2, -0.15) is 0 Å². The standard InChI is InChI=1S/C34H38N6O9/c1-4-5-14-30(41)38(31(23(2)3)33(42)43)19-24-15-17-25(18-16-24)28-12-8-9-13-29(28)32-35-37-39(36-32)22-48-34(44)47-20-26-10-6-7-11-27(26)21-49-40(45)46/h6-13,15-18,23,31H,4-5,14,19-22H2,1-3H3,(H,42,43)/t31-/m1/s1. The number of carboxylic acid groups (broad SMARTS) is 1. The number of carbonyl (C=O) groups is 3. The predicted octanol–water partition coefficient (Wildman–Crippen LogP) is 5.65. The smallest absolute Gasteiger partial charge is 0.480 e. The summed E-state index contributed by atoms with van der Waals surface area (Å²) in [7, 11) is 0. The van der Waals surface area contributed by atoms with Crippen molar-refractivity contribution in [2.24, 2.45) is 5.92 Å². The molecule has 3 aromatic carbocycles. The quantitative estimate of drug-likeness (QED) is 0.0824. The summed E-state index contributed by atoms with van der Waals surface area (Å²) in [6.07, 6.45) is 0.803. The highest BCUT2D eigenvalue weighted by molar-refractivity contribution is 5.84. The second-order valence-corrected chi connectivity index (χ2v) is 11.5. The first kappa shape index (κ1) is 36.0. The molecule has 49 heavy (non-hydrogen) atoms. The van der Waals surface area contributed by atoms with Crippen molar-refractivity contribution < 1.29 is 38.9 Å². The first-order valence-corrected chi connectivity index (χ1v) is 15.7. The van der Waals surface area contributed by atoms with Gasteiger partial charge in [0, 0.05) is 18.5 Å². The number of hydrogen-bond donors (Lipinski definition) is 1. The lowest BCUT2D eigenvalue weighted by atomic mass is 9.97. The van der Waals surface area contributed by atoms with Crippen molar-refractivity contribution >= 4 is 18.0 Å². The van der Waals surface area contributed by atoms with Crippen molar-refractivity contribution in [2.45, 2.75) is 72.6 Å². The third-order valence-electron chi connectivity index (χ3n) is 7.61. The van der Waals surface area contributed by atoms with Gasteiger partial charge >= 0.3 is 12.1 Å². The molecule has 0 bridgehead atoms. The number of nitrogens with zero attached hydrogens (tertiary/aromatic N) is 6. The lowest BCUT2D eigenvalue weighted by Gasteiger charge is -2.32. The predicted molar refractivity (Wildman–Crippen MR) is 175 cm³/mol. The Labute approximate surface area is 282 Å². The summed E-state index contributed by atoms with van der Waals surface area (Å²) in [4.78, 5) is 54.9. The molecule has 0 fully saturated rings. The lowest BCUT2D eigenvalue weighted by molar-refractivity contribution is -0.763. The molecule has 1 aromatic heterocycles. The maximum atomic E-state index is 13.1. The Morgan fingerprint density at radius 3 is 2.22 bits per heavy atom. The number of benzene rings is 3. The zero-order chi connectivity index (χ0) is 35.3. The molecule has 15 heteroatoms. The Morgan fingerprint density at radius 1 is 0.939 bits per heavy atom. The monoisotopic (exact) mass is 674 g/mol. The lowest BCUT2D eigenvalue weighted by Crippen LogP contribution is -2.47. The summed E-state index contributed by atoms with van der Waals surface area (Å²) in [6.45, 7) is 4.88. The normalized spacial score (nSPS) is 11.5. The van der Waals surface area contributed by atoms with Crippen LogP contribution in [0.3, 0.4) is 0 Å². The van der Waals surface area contributed by atoms with E-state index in [0.29, 0.717) is 23.1 Å². The minimum absolute atomic E-state index is 0.167. The zero-order valence-electron chi connectivity index (χ0n) is 27.4. The topological polar surface area (TPSA) is 189 Å². The van der Waals surface area contributed by atoms with Crippen molar-refractivity contribution in [1.82, 2.24) is 25.1 Å². The molecule has 4 rings (SSSR count). The van der Waals surface area contributed by atoms with E-state index in [1.807, 2.05) is 55.5 Å². The first-order chi connectivity index (χ1) is 23.6. The minimum atomic E-state index is -1.03. The molecule has 0 saturated carbocycles. The molecule has 4 aromatic rings. The van der Waals surface area contributed by atoms with Crippen molar-refractivity contribution in [3.8, 4) is 22.5 Å². The Bertz CT molecular complexity index is 1740. The van der Waals surface area contributed by atoms with E-state index >= 15 is 0 Å². The number of unbranched alkanes of at least 4 members (excludes halogenated alkanes) is 1. The molecule has 0 aliphatic rings. The van der Waals surface area contributed by atoms with Gasteiger partial charge < -0.3 is 24.3 Å². The fourth-order valence-electron chi connectivity index (χ4n) is 5.16. The van der Waals surface area contributed by atoms with Crippen LogP contribution in [0.15, 0.2) is 72.8 Å². The number of rotatable bonds is 17. The van der Waals surface area contributed by atoms with Crippen LogP contribution in [0.25, 0.3) is 22.5 Å². The molecule has 0 spiro atoms. The molecular formula is C34H38N6O9. The molecule has 0 saturated heterocycles. The van der Waals surface area contributed by atoms with E-state index in [-0.39, 0.29) is 50.6 Å². The average Bonchev–Trinajstić information content (AvgIpc) is 3.57. The van der Waals surface area contributed by atoms with E-state index in [0.717, 1.165) is 27.9 Å². The number of hydrogen-bond acceptors (Lipinski definition) is 11. The van der Waals surface area contributed by atoms with Gasteiger partial charge in [-0.15, -0.1) is 25.1 Å². The fraction of sp³-hybridized carbons (Fsp3) is 0.353. The van der Waals surface area contributed by atoms with Crippen LogP contribution in [0.1, 0.15) is 56.7 Å². The fourth-order valence-corrected chi connectivity index (χ4v) is 5.16. The molecule has 1 heterocycles. The largest absolute Gasteiger partial charge is 0.510 e. The van der Waals surface area contributed by atoms with Gasteiger partial charge in [-0.1, -0.05) is 100.0 Å². The Balaban J connectivity index is 1.41. The highest BCUT2D eigenvalue weighted by atomic mass is 16.9. The van der Waals surface area contributed by atoms with Crippen molar-refractivity contribution in [3.05, 3.63) is 99.6 Å². The van der Waals surface area contributed by atoms with Crippen LogP contribution in [0.5, 0.6) is 0 Å². The molecule has 1 N–H and O–H groups in total. The highest BCUT2D eigenvalue weighted by Gasteiger charge is 2.32. The van der Waals surface area contributed by atoms with Crippen LogP contribution in [0.2, 0.25) is 0 Å². The molecule has 258 valence electrons. The summed E-state index contributed by atoms with van der Waals surface area (Å²) >= 11 is 0. The molecule has 0 aliphatic heterocycles. The Hall–Kier alpha value is -5.86. The number of aliphatic carboxylic acids is 1. The number of tetrazole rings is 1. The average molecular weight is 675 g/mol. The summed E-state index contributed by atoms with van der Waals surface area (Å²) in [6, 6.07) is 20.6. The maximum absolute atomic E-state index is 13.1.